The largest absolute Gasteiger partial charge is 0.449 e. The van der Waals surface area contributed by atoms with Crippen molar-refractivity contribution in [1.82, 2.24) is 9.88 Å². The van der Waals surface area contributed by atoms with Gasteiger partial charge in [0.1, 0.15) is 0 Å². The number of halogens is 1. The molecule has 7 heteroatoms. The van der Waals surface area contributed by atoms with Gasteiger partial charge in [-0.25, -0.2) is 4.79 Å². The lowest BCUT2D eigenvalue weighted by atomic mass is 9.95. The summed E-state index contributed by atoms with van der Waals surface area (Å²) in [6, 6.07) is 14.4. The maximum Gasteiger partial charge on any atom is 0.339 e. The maximum atomic E-state index is 13.3. The molecule has 3 aromatic rings. The minimum absolute atomic E-state index is 0.418. The Balaban J connectivity index is 1.61. The second-order valence-electron chi connectivity index (χ2n) is 7.60. The highest BCUT2D eigenvalue weighted by Gasteiger charge is 2.28. The summed E-state index contributed by atoms with van der Waals surface area (Å²) in [5.74, 6) is -0.931. The van der Waals surface area contributed by atoms with E-state index < -0.39 is 18.0 Å². The number of fused-ring (bicyclic) bond motifs is 2. The summed E-state index contributed by atoms with van der Waals surface area (Å²) in [5, 5.41) is 3.99. The van der Waals surface area contributed by atoms with Gasteiger partial charge in [-0.3, -0.25) is 14.7 Å². The van der Waals surface area contributed by atoms with Gasteiger partial charge in [0.25, 0.3) is 5.91 Å². The summed E-state index contributed by atoms with van der Waals surface area (Å²) >= 11 is 5.97. The predicted molar refractivity (Wildman–Crippen MR) is 121 cm³/mol. The molecule has 1 aromatic heterocycles. The molecule has 160 valence electrons. The van der Waals surface area contributed by atoms with Crippen LogP contribution in [0, 0.1) is 0 Å². The van der Waals surface area contributed by atoms with Gasteiger partial charge < -0.3 is 10.1 Å². The van der Waals surface area contributed by atoms with E-state index in [1.807, 2.05) is 24.3 Å². The molecule has 1 aliphatic heterocycles. The minimum Gasteiger partial charge on any atom is -0.449 e. The van der Waals surface area contributed by atoms with E-state index in [4.69, 9.17) is 21.3 Å². The molecule has 6 nitrogen and oxygen atoms in total. The molecular weight excluding hydrogens is 414 g/mol. The number of likely N-dealkylation sites (N-methyl/N-ethyl adjacent to an activating group) is 1. The van der Waals surface area contributed by atoms with Crippen LogP contribution in [0.2, 0.25) is 5.02 Å². The van der Waals surface area contributed by atoms with E-state index in [0.29, 0.717) is 22.8 Å². The number of hydrogen-bond acceptors (Lipinski definition) is 5. The van der Waals surface area contributed by atoms with E-state index in [9.17, 15) is 9.59 Å². The number of rotatable bonds is 5. The summed E-state index contributed by atoms with van der Waals surface area (Å²) in [6.07, 6.45) is -0.195. The van der Waals surface area contributed by atoms with Crippen molar-refractivity contribution in [2.24, 2.45) is 0 Å². The summed E-state index contributed by atoms with van der Waals surface area (Å²) in [6.45, 7) is 6.09. The van der Waals surface area contributed by atoms with Crippen LogP contribution in [0.15, 0.2) is 48.5 Å². The van der Waals surface area contributed by atoms with Crippen molar-refractivity contribution in [3.05, 3.63) is 70.4 Å². The Labute approximate surface area is 186 Å². The van der Waals surface area contributed by atoms with Crippen LogP contribution in [0.1, 0.15) is 35.5 Å². The van der Waals surface area contributed by atoms with Gasteiger partial charge in [-0.05, 0) is 37.7 Å². The second kappa shape index (κ2) is 9.04. The number of ether oxygens (including phenoxy) is 1. The number of amides is 1. The molecule has 4 rings (SSSR count). The SMILES string of the molecule is CCN1CCc2nc3ccccc3c(C(=O)OC(C)C(=O)Nc3cccc(Cl)c3)c2C1. The molecule has 1 amide bonds. The number of anilines is 1. The summed E-state index contributed by atoms with van der Waals surface area (Å²) in [7, 11) is 0. The van der Waals surface area contributed by atoms with Crippen molar-refractivity contribution in [3.8, 4) is 0 Å². The van der Waals surface area contributed by atoms with E-state index in [2.05, 4.69) is 17.1 Å². The number of hydrogen-bond donors (Lipinski definition) is 1. The Morgan fingerprint density at radius 2 is 2.03 bits per heavy atom. The lowest BCUT2D eigenvalue weighted by Gasteiger charge is -2.29. The van der Waals surface area contributed by atoms with E-state index in [-0.39, 0.29) is 0 Å². The molecule has 2 aromatic carbocycles. The highest BCUT2D eigenvalue weighted by atomic mass is 35.5. The number of esters is 1. The topological polar surface area (TPSA) is 71.5 Å². The third-order valence-electron chi connectivity index (χ3n) is 5.52. The fraction of sp³-hybridized carbons (Fsp3) is 0.292. The number of carbonyl (C=O) groups is 2. The summed E-state index contributed by atoms with van der Waals surface area (Å²) in [5.41, 5.74) is 3.62. The second-order valence-corrected chi connectivity index (χ2v) is 8.03. The van der Waals surface area contributed by atoms with E-state index in [1.54, 1.807) is 31.2 Å². The van der Waals surface area contributed by atoms with Crippen molar-refractivity contribution >= 4 is 40.1 Å². The standard InChI is InChI=1S/C24H24ClN3O3/c1-3-28-12-11-21-19(14-28)22(18-9-4-5-10-20(18)27-21)24(30)31-15(2)23(29)26-17-8-6-7-16(25)13-17/h4-10,13,15H,3,11-12,14H2,1-2H3,(H,26,29). The molecule has 0 radical (unpaired) electrons. The zero-order valence-corrected chi connectivity index (χ0v) is 18.3. The lowest BCUT2D eigenvalue weighted by molar-refractivity contribution is -0.123. The fourth-order valence-electron chi connectivity index (χ4n) is 3.83. The Hall–Kier alpha value is -2.96. The van der Waals surface area contributed by atoms with Gasteiger partial charge >= 0.3 is 5.97 Å². The first-order valence-corrected chi connectivity index (χ1v) is 10.7. The zero-order chi connectivity index (χ0) is 22.0. The van der Waals surface area contributed by atoms with Crippen LogP contribution >= 0.6 is 11.6 Å². The quantitative estimate of drug-likeness (QED) is 0.597. The van der Waals surface area contributed by atoms with E-state index in [0.717, 1.165) is 41.7 Å². The first-order chi connectivity index (χ1) is 15.0. The van der Waals surface area contributed by atoms with Gasteiger partial charge in [-0.15, -0.1) is 0 Å². The molecule has 0 saturated carbocycles. The Morgan fingerprint density at radius 3 is 2.81 bits per heavy atom. The van der Waals surface area contributed by atoms with Crippen molar-refractivity contribution < 1.29 is 14.3 Å². The average Bonchev–Trinajstić information content (AvgIpc) is 2.76. The predicted octanol–water partition coefficient (Wildman–Crippen LogP) is 4.45. The molecule has 0 spiro atoms. The molecule has 1 aliphatic rings. The van der Waals surface area contributed by atoms with Crippen LogP contribution in [0.5, 0.6) is 0 Å². The van der Waals surface area contributed by atoms with Gasteiger partial charge in [0, 0.05) is 46.9 Å². The molecule has 1 atom stereocenters. The summed E-state index contributed by atoms with van der Waals surface area (Å²) in [4.78, 5) is 32.9. The smallest absolute Gasteiger partial charge is 0.339 e. The van der Waals surface area contributed by atoms with Crippen molar-refractivity contribution in [2.45, 2.75) is 32.9 Å². The number of aromatic nitrogens is 1. The Kier molecular flexibility index (Phi) is 6.20. The number of nitrogens with one attached hydrogen (secondary N) is 1. The van der Waals surface area contributed by atoms with Crippen LogP contribution in [0.4, 0.5) is 5.69 Å². The molecule has 0 saturated heterocycles. The van der Waals surface area contributed by atoms with Gasteiger partial charge in [0.2, 0.25) is 0 Å². The number of carbonyl (C=O) groups excluding carboxylic acids is 2. The van der Waals surface area contributed by atoms with Gasteiger partial charge in [0.05, 0.1) is 11.1 Å². The number of pyridine rings is 1. The lowest BCUT2D eigenvalue weighted by Crippen LogP contribution is -2.34. The molecule has 1 N–H and O–H groups in total. The van der Waals surface area contributed by atoms with Crippen LogP contribution in [0.3, 0.4) is 0 Å². The monoisotopic (exact) mass is 437 g/mol. The van der Waals surface area contributed by atoms with Gasteiger partial charge in [0.15, 0.2) is 6.10 Å². The fourth-order valence-corrected chi connectivity index (χ4v) is 4.02. The van der Waals surface area contributed by atoms with Crippen LogP contribution in [-0.2, 0) is 22.5 Å². The first kappa shape index (κ1) is 21.3. The van der Waals surface area contributed by atoms with Crippen molar-refractivity contribution in [1.29, 1.82) is 0 Å². The average molecular weight is 438 g/mol. The highest BCUT2D eigenvalue weighted by molar-refractivity contribution is 6.30. The summed E-state index contributed by atoms with van der Waals surface area (Å²) < 4.78 is 5.61. The normalized spacial score (nSPS) is 14.7. The number of benzene rings is 2. The molecule has 0 fully saturated rings. The van der Waals surface area contributed by atoms with E-state index in [1.165, 1.54) is 0 Å². The molecule has 0 bridgehead atoms. The van der Waals surface area contributed by atoms with Gasteiger partial charge in [-0.1, -0.05) is 42.8 Å². The molecule has 2 heterocycles. The molecule has 1 unspecified atom stereocenters. The maximum absolute atomic E-state index is 13.3. The van der Waals surface area contributed by atoms with Crippen LogP contribution in [0.25, 0.3) is 10.9 Å². The number of nitrogens with zero attached hydrogens (tertiary/aromatic N) is 2. The first-order valence-electron chi connectivity index (χ1n) is 10.4. The zero-order valence-electron chi connectivity index (χ0n) is 17.5. The molecule has 31 heavy (non-hydrogen) atoms. The Bertz CT molecular complexity index is 1150. The number of para-hydroxylation sites is 1. The third-order valence-corrected chi connectivity index (χ3v) is 5.76. The third kappa shape index (κ3) is 4.55. The van der Waals surface area contributed by atoms with Crippen molar-refractivity contribution in [2.75, 3.05) is 18.4 Å². The highest BCUT2D eigenvalue weighted by Crippen LogP contribution is 2.29. The minimum atomic E-state index is -0.972. The molecular formula is C24H24ClN3O3. The van der Waals surface area contributed by atoms with Crippen molar-refractivity contribution in [3.63, 3.8) is 0 Å². The van der Waals surface area contributed by atoms with E-state index >= 15 is 0 Å². The Morgan fingerprint density at radius 1 is 1.23 bits per heavy atom. The van der Waals surface area contributed by atoms with Crippen LogP contribution in [-0.4, -0.2) is 41.0 Å². The van der Waals surface area contributed by atoms with Crippen LogP contribution < -0.4 is 5.32 Å². The molecule has 0 aliphatic carbocycles. The van der Waals surface area contributed by atoms with Gasteiger partial charge in [-0.2, -0.15) is 0 Å².